The van der Waals surface area contributed by atoms with Gasteiger partial charge >= 0.3 is 0 Å². The summed E-state index contributed by atoms with van der Waals surface area (Å²) in [6, 6.07) is 9.85. The van der Waals surface area contributed by atoms with Crippen LogP contribution in [0.15, 0.2) is 42.7 Å². The van der Waals surface area contributed by atoms with Crippen molar-refractivity contribution in [1.29, 1.82) is 0 Å². The number of rotatable bonds is 7. The van der Waals surface area contributed by atoms with Gasteiger partial charge in [-0.2, -0.15) is 0 Å². The van der Waals surface area contributed by atoms with Crippen molar-refractivity contribution < 1.29 is 9.84 Å². The van der Waals surface area contributed by atoms with E-state index in [1.807, 2.05) is 30.5 Å². The molecule has 0 spiro atoms. The van der Waals surface area contributed by atoms with Crippen LogP contribution in [0, 0.1) is 0 Å². The molecule has 0 aliphatic rings. The van der Waals surface area contributed by atoms with Crippen LogP contribution < -0.4 is 10.1 Å². The lowest BCUT2D eigenvalue weighted by molar-refractivity contribution is 0.170. The molecule has 2 atom stereocenters. The van der Waals surface area contributed by atoms with Gasteiger partial charge < -0.3 is 20.1 Å². The van der Waals surface area contributed by atoms with Gasteiger partial charge in [0.05, 0.1) is 13.2 Å². The van der Waals surface area contributed by atoms with Gasteiger partial charge in [-0.15, -0.1) is 5.10 Å². The van der Waals surface area contributed by atoms with Gasteiger partial charge in [-0.25, -0.2) is 4.52 Å². The number of H-pyrrole nitrogens is 1. The summed E-state index contributed by atoms with van der Waals surface area (Å²) in [5.41, 5.74) is 3.73. The monoisotopic (exact) mass is 366 g/mol. The van der Waals surface area contributed by atoms with Crippen molar-refractivity contribution in [3.8, 4) is 5.75 Å². The SMILES string of the molecule is COc1ccc2[nH]cc(C[C@H](C)NC[C@H](O)c3ccc4nnnn4c3)c2c1. The number of ether oxygens (including phenoxy) is 1. The average Bonchev–Trinajstić information content (AvgIpc) is 3.32. The number of aliphatic hydroxyl groups excluding tert-OH is 1. The highest BCUT2D eigenvalue weighted by atomic mass is 16.5. The Balaban J connectivity index is 1.39. The summed E-state index contributed by atoms with van der Waals surface area (Å²) in [5.74, 6) is 0.845. The molecule has 27 heavy (non-hydrogen) atoms. The number of benzene rings is 1. The van der Waals surface area contributed by atoms with Gasteiger partial charge in [0, 0.05) is 41.4 Å². The van der Waals surface area contributed by atoms with Crippen LogP contribution in [0.4, 0.5) is 0 Å². The Labute approximate surface area is 156 Å². The van der Waals surface area contributed by atoms with Crippen molar-refractivity contribution in [2.75, 3.05) is 13.7 Å². The highest BCUT2D eigenvalue weighted by Crippen LogP contribution is 2.24. The number of hydrogen-bond donors (Lipinski definition) is 3. The van der Waals surface area contributed by atoms with Crippen LogP contribution in [0.5, 0.6) is 5.75 Å². The summed E-state index contributed by atoms with van der Waals surface area (Å²) in [6.07, 6.45) is 3.98. The normalized spacial score (nSPS) is 13.9. The molecule has 0 fully saturated rings. The maximum absolute atomic E-state index is 10.5. The third kappa shape index (κ3) is 3.62. The Morgan fingerprint density at radius 3 is 3.04 bits per heavy atom. The minimum absolute atomic E-state index is 0.196. The lowest BCUT2D eigenvalue weighted by atomic mass is 10.1. The molecule has 0 bridgehead atoms. The van der Waals surface area contributed by atoms with E-state index in [2.05, 4.69) is 32.7 Å². The number of fused-ring (bicyclic) bond motifs is 2. The number of nitrogens with zero attached hydrogens (tertiary/aromatic N) is 4. The number of aromatic amines is 1. The fraction of sp³-hybridized carbons (Fsp3) is 0.316. The Hall–Kier alpha value is -2.97. The van der Waals surface area contributed by atoms with Crippen LogP contribution >= 0.6 is 0 Å². The Bertz CT molecular complexity index is 1060. The highest BCUT2D eigenvalue weighted by Gasteiger charge is 2.13. The number of pyridine rings is 1. The van der Waals surface area contributed by atoms with E-state index < -0.39 is 6.10 Å². The first-order chi connectivity index (χ1) is 13.1. The number of hydrogen-bond acceptors (Lipinski definition) is 6. The zero-order valence-electron chi connectivity index (χ0n) is 15.3. The largest absolute Gasteiger partial charge is 0.497 e. The quantitative estimate of drug-likeness (QED) is 0.462. The molecule has 4 aromatic rings. The fourth-order valence-electron chi connectivity index (χ4n) is 3.24. The van der Waals surface area contributed by atoms with Gasteiger partial charge in [0.1, 0.15) is 5.75 Å². The van der Waals surface area contributed by atoms with Crippen LogP contribution in [0.2, 0.25) is 0 Å². The Morgan fingerprint density at radius 2 is 2.19 bits per heavy atom. The third-order valence-electron chi connectivity index (χ3n) is 4.76. The van der Waals surface area contributed by atoms with Crippen molar-refractivity contribution in [3.63, 3.8) is 0 Å². The summed E-state index contributed by atoms with van der Waals surface area (Å²) >= 11 is 0. The maximum atomic E-state index is 10.5. The smallest absolute Gasteiger partial charge is 0.179 e. The van der Waals surface area contributed by atoms with Gasteiger partial charge in [-0.05, 0) is 53.6 Å². The molecule has 3 aromatic heterocycles. The Morgan fingerprint density at radius 1 is 1.30 bits per heavy atom. The minimum atomic E-state index is -0.635. The van der Waals surface area contributed by atoms with Gasteiger partial charge in [0.25, 0.3) is 0 Å². The van der Waals surface area contributed by atoms with Crippen LogP contribution in [0.3, 0.4) is 0 Å². The second-order valence-corrected chi connectivity index (χ2v) is 6.70. The predicted molar refractivity (Wildman–Crippen MR) is 102 cm³/mol. The molecule has 4 rings (SSSR count). The van der Waals surface area contributed by atoms with Crippen LogP contribution in [-0.2, 0) is 6.42 Å². The minimum Gasteiger partial charge on any atom is -0.497 e. The molecular formula is C19H22N6O2. The van der Waals surface area contributed by atoms with Crippen molar-refractivity contribution in [1.82, 2.24) is 30.3 Å². The fourth-order valence-corrected chi connectivity index (χ4v) is 3.24. The molecule has 1 aromatic carbocycles. The van der Waals surface area contributed by atoms with E-state index in [0.717, 1.165) is 28.6 Å². The summed E-state index contributed by atoms with van der Waals surface area (Å²) in [6.45, 7) is 2.55. The molecule has 3 heterocycles. The van der Waals surface area contributed by atoms with E-state index in [1.165, 1.54) is 5.56 Å². The second-order valence-electron chi connectivity index (χ2n) is 6.70. The van der Waals surface area contributed by atoms with E-state index in [9.17, 15) is 5.11 Å². The third-order valence-corrected chi connectivity index (χ3v) is 4.76. The van der Waals surface area contributed by atoms with Gasteiger partial charge in [-0.1, -0.05) is 6.07 Å². The zero-order chi connectivity index (χ0) is 18.8. The van der Waals surface area contributed by atoms with Crippen LogP contribution in [-0.4, -0.2) is 49.8 Å². The van der Waals surface area contributed by atoms with Gasteiger partial charge in [-0.3, -0.25) is 0 Å². The van der Waals surface area contributed by atoms with Gasteiger partial charge in [0.2, 0.25) is 0 Å². The summed E-state index contributed by atoms with van der Waals surface area (Å²) in [5, 5.41) is 26.4. The first-order valence-corrected chi connectivity index (χ1v) is 8.87. The molecule has 0 aliphatic heterocycles. The van der Waals surface area contributed by atoms with Crippen LogP contribution in [0.1, 0.15) is 24.2 Å². The van der Waals surface area contributed by atoms with Crippen molar-refractivity contribution in [2.45, 2.75) is 25.5 Å². The van der Waals surface area contributed by atoms with Gasteiger partial charge in [0.15, 0.2) is 5.65 Å². The summed E-state index contributed by atoms with van der Waals surface area (Å²) < 4.78 is 6.88. The molecule has 0 amide bonds. The topological polar surface area (TPSA) is 100 Å². The highest BCUT2D eigenvalue weighted by molar-refractivity contribution is 5.84. The molecule has 0 unspecified atom stereocenters. The summed E-state index contributed by atoms with van der Waals surface area (Å²) in [7, 11) is 1.67. The zero-order valence-corrected chi connectivity index (χ0v) is 15.3. The average molecular weight is 366 g/mol. The first-order valence-electron chi connectivity index (χ1n) is 8.87. The molecule has 0 saturated carbocycles. The molecule has 0 saturated heterocycles. The molecular weight excluding hydrogens is 344 g/mol. The van der Waals surface area contributed by atoms with E-state index in [-0.39, 0.29) is 6.04 Å². The summed E-state index contributed by atoms with van der Waals surface area (Å²) in [4.78, 5) is 3.30. The number of tetrazole rings is 1. The number of nitrogens with one attached hydrogen (secondary N) is 2. The predicted octanol–water partition coefficient (Wildman–Crippen LogP) is 1.87. The second kappa shape index (κ2) is 7.34. The number of aliphatic hydroxyl groups is 1. The lowest BCUT2D eigenvalue weighted by Gasteiger charge is -2.17. The molecule has 140 valence electrons. The van der Waals surface area contributed by atoms with E-state index >= 15 is 0 Å². The van der Waals surface area contributed by atoms with Crippen LogP contribution in [0.25, 0.3) is 16.6 Å². The standard InChI is InChI=1S/C19H22N6O2/c1-12(7-14-9-21-17-5-4-15(27-2)8-16(14)17)20-10-18(26)13-3-6-19-22-23-24-25(19)11-13/h3-6,8-9,11-12,18,20-21,26H,7,10H2,1-2H3/t12-,18-/m0/s1. The van der Waals surface area contributed by atoms with E-state index in [1.54, 1.807) is 23.9 Å². The number of methoxy groups -OCH3 is 1. The molecule has 8 nitrogen and oxygen atoms in total. The first kappa shape index (κ1) is 17.4. The van der Waals surface area contributed by atoms with Crippen molar-refractivity contribution >= 4 is 16.6 Å². The maximum Gasteiger partial charge on any atom is 0.179 e. The lowest BCUT2D eigenvalue weighted by Crippen LogP contribution is -2.32. The number of aromatic nitrogens is 5. The molecule has 3 N–H and O–H groups in total. The van der Waals surface area contributed by atoms with E-state index in [4.69, 9.17) is 4.74 Å². The molecule has 0 radical (unpaired) electrons. The molecule has 8 heteroatoms. The Kier molecular flexibility index (Phi) is 4.74. The van der Waals surface area contributed by atoms with Crippen molar-refractivity contribution in [2.24, 2.45) is 0 Å². The van der Waals surface area contributed by atoms with Crippen molar-refractivity contribution in [3.05, 3.63) is 53.9 Å². The van der Waals surface area contributed by atoms with E-state index in [0.29, 0.717) is 12.2 Å². The molecule has 0 aliphatic carbocycles.